The second-order valence-corrected chi connectivity index (χ2v) is 4.69. The molecular formula is C12H18FNO. The molecule has 1 rings (SSSR count). The highest BCUT2D eigenvalue weighted by Gasteiger charge is 2.16. The standard InChI is InChI=1S/C12H18FNO/c1-8(14)10-7-9(13)5-6-11(10)15-12(2,3)4/h5-8H,14H2,1-4H3/t8-/m0/s1. The first-order valence-corrected chi connectivity index (χ1v) is 5.03. The van der Waals surface area contributed by atoms with Crippen LogP contribution in [0.15, 0.2) is 18.2 Å². The smallest absolute Gasteiger partial charge is 0.125 e. The van der Waals surface area contributed by atoms with Gasteiger partial charge in [-0.3, -0.25) is 0 Å². The third-order valence-electron chi connectivity index (χ3n) is 1.88. The summed E-state index contributed by atoms with van der Waals surface area (Å²) in [6, 6.07) is 4.19. The molecule has 0 bridgehead atoms. The van der Waals surface area contributed by atoms with Gasteiger partial charge < -0.3 is 10.5 Å². The van der Waals surface area contributed by atoms with E-state index >= 15 is 0 Å². The zero-order chi connectivity index (χ0) is 11.6. The van der Waals surface area contributed by atoms with E-state index in [1.54, 1.807) is 6.07 Å². The zero-order valence-electron chi connectivity index (χ0n) is 9.67. The Morgan fingerprint density at radius 2 is 1.93 bits per heavy atom. The molecule has 2 N–H and O–H groups in total. The van der Waals surface area contributed by atoms with Gasteiger partial charge in [-0.05, 0) is 45.9 Å². The highest BCUT2D eigenvalue weighted by atomic mass is 19.1. The predicted octanol–water partition coefficient (Wildman–Crippen LogP) is 3.02. The predicted molar refractivity (Wildman–Crippen MR) is 59.4 cm³/mol. The van der Waals surface area contributed by atoms with Crippen molar-refractivity contribution in [3.63, 3.8) is 0 Å². The third kappa shape index (κ3) is 3.51. The van der Waals surface area contributed by atoms with Crippen molar-refractivity contribution in [1.29, 1.82) is 0 Å². The van der Waals surface area contributed by atoms with Crippen molar-refractivity contribution in [2.24, 2.45) is 5.73 Å². The molecule has 15 heavy (non-hydrogen) atoms. The van der Waals surface area contributed by atoms with Crippen molar-refractivity contribution in [2.75, 3.05) is 0 Å². The van der Waals surface area contributed by atoms with Crippen molar-refractivity contribution in [1.82, 2.24) is 0 Å². The summed E-state index contributed by atoms with van der Waals surface area (Å²) >= 11 is 0. The number of ether oxygens (including phenoxy) is 1. The Hall–Kier alpha value is -1.09. The molecule has 0 spiro atoms. The lowest BCUT2D eigenvalue weighted by atomic mass is 10.1. The Morgan fingerprint density at radius 1 is 1.33 bits per heavy atom. The van der Waals surface area contributed by atoms with Crippen molar-refractivity contribution in [3.05, 3.63) is 29.6 Å². The van der Waals surface area contributed by atoms with Gasteiger partial charge in [0.2, 0.25) is 0 Å². The highest BCUT2D eigenvalue weighted by Crippen LogP contribution is 2.27. The summed E-state index contributed by atoms with van der Waals surface area (Å²) in [6.45, 7) is 7.65. The quantitative estimate of drug-likeness (QED) is 0.816. The molecular weight excluding hydrogens is 193 g/mol. The van der Waals surface area contributed by atoms with E-state index in [4.69, 9.17) is 10.5 Å². The average molecular weight is 211 g/mol. The minimum absolute atomic E-state index is 0.238. The molecule has 84 valence electrons. The van der Waals surface area contributed by atoms with Crippen LogP contribution in [-0.2, 0) is 0 Å². The normalized spacial score (nSPS) is 13.7. The van der Waals surface area contributed by atoms with Crippen molar-refractivity contribution >= 4 is 0 Å². The van der Waals surface area contributed by atoms with Crippen LogP contribution >= 0.6 is 0 Å². The van der Waals surface area contributed by atoms with E-state index in [0.29, 0.717) is 11.3 Å². The molecule has 0 saturated carbocycles. The fourth-order valence-corrected chi connectivity index (χ4v) is 1.30. The van der Waals surface area contributed by atoms with E-state index in [1.165, 1.54) is 12.1 Å². The monoisotopic (exact) mass is 211 g/mol. The number of hydrogen-bond acceptors (Lipinski definition) is 2. The molecule has 0 fully saturated rings. The number of rotatable bonds is 2. The summed E-state index contributed by atoms with van der Waals surface area (Å²) in [4.78, 5) is 0. The van der Waals surface area contributed by atoms with E-state index in [9.17, 15) is 4.39 Å². The minimum atomic E-state index is -0.304. The largest absolute Gasteiger partial charge is 0.488 e. The first kappa shape index (κ1) is 12.0. The lowest BCUT2D eigenvalue weighted by Crippen LogP contribution is -2.24. The van der Waals surface area contributed by atoms with Gasteiger partial charge in [-0.1, -0.05) is 0 Å². The van der Waals surface area contributed by atoms with Gasteiger partial charge in [-0.25, -0.2) is 4.39 Å². The second kappa shape index (κ2) is 4.19. The first-order valence-electron chi connectivity index (χ1n) is 5.03. The van der Waals surface area contributed by atoms with Crippen LogP contribution in [0.3, 0.4) is 0 Å². The Balaban J connectivity index is 3.06. The van der Waals surface area contributed by atoms with E-state index in [0.717, 1.165) is 0 Å². The first-order chi connectivity index (χ1) is 6.79. The van der Waals surface area contributed by atoms with Gasteiger partial charge in [0.15, 0.2) is 0 Å². The van der Waals surface area contributed by atoms with Crippen LogP contribution in [0.5, 0.6) is 5.75 Å². The van der Waals surface area contributed by atoms with Gasteiger partial charge in [0.1, 0.15) is 17.2 Å². The van der Waals surface area contributed by atoms with E-state index in [2.05, 4.69) is 0 Å². The molecule has 0 aromatic heterocycles. The van der Waals surface area contributed by atoms with Gasteiger partial charge in [-0.2, -0.15) is 0 Å². The molecule has 2 nitrogen and oxygen atoms in total. The molecule has 0 unspecified atom stereocenters. The van der Waals surface area contributed by atoms with Crippen LogP contribution < -0.4 is 10.5 Å². The van der Waals surface area contributed by atoms with Crippen molar-refractivity contribution in [2.45, 2.75) is 39.3 Å². The SMILES string of the molecule is C[C@H](N)c1cc(F)ccc1OC(C)(C)C. The molecule has 1 atom stereocenters. The summed E-state index contributed by atoms with van der Waals surface area (Å²) in [6.07, 6.45) is 0. The molecule has 0 aliphatic rings. The van der Waals surface area contributed by atoms with Crippen LogP contribution in [0.1, 0.15) is 39.3 Å². The van der Waals surface area contributed by atoms with Gasteiger partial charge in [-0.15, -0.1) is 0 Å². The van der Waals surface area contributed by atoms with E-state index in [-0.39, 0.29) is 17.5 Å². The molecule has 1 aromatic carbocycles. The molecule has 0 aliphatic heterocycles. The van der Waals surface area contributed by atoms with Gasteiger partial charge in [0.25, 0.3) is 0 Å². The van der Waals surface area contributed by atoms with Gasteiger partial charge in [0.05, 0.1) is 0 Å². The third-order valence-corrected chi connectivity index (χ3v) is 1.88. The molecule has 0 amide bonds. The number of nitrogens with two attached hydrogens (primary N) is 1. The van der Waals surface area contributed by atoms with Crippen LogP contribution in [0.25, 0.3) is 0 Å². The van der Waals surface area contributed by atoms with Crippen molar-refractivity contribution in [3.8, 4) is 5.75 Å². The summed E-state index contributed by atoms with van der Waals surface area (Å²) < 4.78 is 18.7. The van der Waals surface area contributed by atoms with Crippen LogP contribution in [0, 0.1) is 5.82 Å². The van der Waals surface area contributed by atoms with Crippen LogP contribution in [-0.4, -0.2) is 5.60 Å². The molecule has 0 aliphatic carbocycles. The van der Waals surface area contributed by atoms with Crippen LogP contribution in [0.2, 0.25) is 0 Å². The average Bonchev–Trinajstić information content (AvgIpc) is 2.05. The highest BCUT2D eigenvalue weighted by molar-refractivity contribution is 5.36. The molecule has 3 heteroatoms. The van der Waals surface area contributed by atoms with E-state index < -0.39 is 0 Å². The van der Waals surface area contributed by atoms with Gasteiger partial charge >= 0.3 is 0 Å². The fraction of sp³-hybridized carbons (Fsp3) is 0.500. The molecule has 1 aromatic rings. The van der Waals surface area contributed by atoms with Gasteiger partial charge in [0, 0.05) is 11.6 Å². The molecule has 0 radical (unpaired) electrons. The maximum atomic E-state index is 13.0. The zero-order valence-corrected chi connectivity index (χ0v) is 9.67. The topological polar surface area (TPSA) is 35.2 Å². The fourth-order valence-electron chi connectivity index (χ4n) is 1.30. The maximum Gasteiger partial charge on any atom is 0.125 e. The lowest BCUT2D eigenvalue weighted by molar-refractivity contribution is 0.128. The number of hydrogen-bond donors (Lipinski definition) is 1. The Morgan fingerprint density at radius 3 is 2.40 bits per heavy atom. The number of benzene rings is 1. The summed E-state index contributed by atoms with van der Waals surface area (Å²) in [5.74, 6) is 0.363. The number of halogens is 1. The minimum Gasteiger partial charge on any atom is -0.488 e. The van der Waals surface area contributed by atoms with Crippen LogP contribution in [0.4, 0.5) is 4.39 Å². The molecule has 0 saturated heterocycles. The second-order valence-electron chi connectivity index (χ2n) is 4.69. The maximum absolute atomic E-state index is 13.0. The van der Waals surface area contributed by atoms with Crippen molar-refractivity contribution < 1.29 is 9.13 Å². The molecule has 0 heterocycles. The summed E-state index contributed by atoms with van der Waals surface area (Å²) in [5.41, 5.74) is 6.15. The van der Waals surface area contributed by atoms with E-state index in [1.807, 2.05) is 27.7 Å². The lowest BCUT2D eigenvalue weighted by Gasteiger charge is -2.24. The Bertz CT molecular complexity index is 342. The summed E-state index contributed by atoms with van der Waals surface area (Å²) in [5, 5.41) is 0. The summed E-state index contributed by atoms with van der Waals surface area (Å²) in [7, 11) is 0. The Labute approximate surface area is 90.2 Å². The Kier molecular flexibility index (Phi) is 3.35.